The van der Waals surface area contributed by atoms with E-state index in [9.17, 15) is 8.42 Å². The van der Waals surface area contributed by atoms with Crippen LogP contribution in [0.1, 0.15) is 13.8 Å². The SMILES string of the molecule is CNC(CS(=O)(=O)c1ccc2c(c1)OCCO2)C(C)C. The highest BCUT2D eigenvalue weighted by Gasteiger charge is 2.24. The minimum absolute atomic E-state index is 0.0702. The third-order valence-electron chi connectivity index (χ3n) is 3.45. The molecule has 0 bridgehead atoms. The molecule has 0 saturated heterocycles. The van der Waals surface area contributed by atoms with Crippen molar-refractivity contribution < 1.29 is 17.9 Å². The van der Waals surface area contributed by atoms with Crippen LogP contribution in [0.15, 0.2) is 23.1 Å². The summed E-state index contributed by atoms with van der Waals surface area (Å²) >= 11 is 0. The molecule has 5 nitrogen and oxygen atoms in total. The predicted octanol–water partition coefficient (Wildman–Crippen LogP) is 1.48. The minimum atomic E-state index is -3.35. The van der Waals surface area contributed by atoms with Gasteiger partial charge in [-0.05, 0) is 25.1 Å². The van der Waals surface area contributed by atoms with Gasteiger partial charge in [0.05, 0.1) is 10.6 Å². The first-order valence-corrected chi connectivity index (χ1v) is 8.39. The molecule has 1 aliphatic rings. The van der Waals surface area contributed by atoms with Gasteiger partial charge >= 0.3 is 0 Å². The number of ether oxygens (including phenoxy) is 2. The molecule has 0 aliphatic carbocycles. The lowest BCUT2D eigenvalue weighted by Crippen LogP contribution is -2.37. The Morgan fingerprint density at radius 3 is 2.45 bits per heavy atom. The van der Waals surface area contributed by atoms with Crippen molar-refractivity contribution in [2.45, 2.75) is 24.8 Å². The Balaban J connectivity index is 2.25. The van der Waals surface area contributed by atoms with Crippen LogP contribution in [-0.4, -0.2) is 40.5 Å². The zero-order valence-electron chi connectivity index (χ0n) is 12.0. The molecule has 1 heterocycles. The van der Waals surface area contributed by atoms with Gasteiger partial charge in [0.25, 0.3) is 0 Å². The zero-order chi connectivity index (χ0) is 14.8. The number of rotatable bonds is 5. The van der Waals surface area contributed by atoms with Crippen molar-refractivity contribution in [3.05, 3.63) is 18.2 Å². The summed E-state index contributed by atoms with van der Waals surface area (Å²) < 4.78 is 35.7. The molecule has 1 N–H and O–H groups in total. The summed E-state index contributed by atoms with van der Waals surface area (Å²) in [5.74, 6) is 1.42. The summed E-state index contributed by atoms with van der Waals surface area (Å²) in [6.45, 7) is 4.94. The third-order valence-corrected chi connectivity index (χ3v) is 5.22. The lowest BCUT2D eigenvalue weighted by Gasteiger charge is -2.21. The van der Waals surface area contributed by atoms with Crippen molar-refractivity contribution in [3.8, 4) is 11.5 Å². The van der Waals surface area contributed by atoms with Crippen LogP contribution in [0.3, 0.4) is 0 Å². The van der Waals surface area contributed by atoms with Crippen molar-refractivity contribution >= 4 is 9.84 Å². The van der Waals surface area contributed by atoms with Gasteiger partial charge in [-0.25, -0.2) is 8.42 Å². The van der Waals surface area contributed by atoms with E-state index in [1.807, 2.05) is 13.8 Å². The van der Waals surface area contributed by atoms with Crippen molar-refractivity contribution in [1.82, 2.24) is 5.32 Å². The molecule has 1 aromatic rings. The monoisotopic (exact) mass is 299 g/mol. The molecular weight excluding hydrogens is 278 g/mol. The second-order valence-corrected chi connectivity index (χ2v) is 7.26. The Morgan fingerprint density at radius 1 is 1.20 bits per heavy atom. The maximum absolute atomic E-state index is 12.5. The van der Waals surface area contributed by atoms with Gasteiger partial charge in [-0.3, -0.25) is 0 Å². The zero-order valence-corrected chi connectivity index (χ0v) is 12.9. The first-order valence-electron chi connectivity index (χ1n) is 6.73. The maximum atomic E-state index is 12.5. The van der Waals surface area contributed by atoms with Crippen LogP contribution in [0, 0.1) is 5.92 Å². The number of hydrogen-bond acceptors (Lipinski definition) is 5. The Kier molecular flexibility index (Phi) is 4.55. The van der Waals surface area contributed by atoms with Crippen molar-refractivity contribution in [2.75, 3.05) is 26.0 Å². The van der Waals surface area contributed by atoms with Crippen LogP contribution < -0.4 is 14.8 Å². The van der Waals surface area contributed by atoms with Gasteiger partial charge in [0.1, 0.15) is 13.2 Å². The van der Waals surface area contributed by atoms with E-state index in [1.165, 1.54) is 0 Å². The predicted molar refractivity (Wildman–Crippen MR) is 77.2 cm³/mol. The van der Waals surface area contributed by atoms with E-state index in [0.717, 1.165) is 0 Å². The Bertz CT molecular complexity index is 569. The molecule has 20 heavy (non-hydrogen) atoms. The lowest BCUT2D eigenvalue weighted by molar-refractivity contribution is 0.171. The van der Waals surface area contributed by atoms with Crippen molar-refractivity contribution in [3.63, 3.8) is 0 Å². The first-order chi connectivity index (χ1) is 9.44. The van der Waals surface area contributed by atoms with Crippen LogP contribution in [0.25, 0.3) is 0 Å². The summed E-state index contributed by atoms with van der Waals surface area (Å²) in [5.41, 5.74) is 0. The van der Waals surface area contributed by atoms with E-state index in [0.29, 0.717) is 24.7 Å². The fourth-order valence-corrected chi connectivity index (χ4v) is 3.94. The first kappa shape index (κ1) is 15.1. The summed E-state index contributed by atoms with van der Waals surface area (Å²) in [5, 5.41) is 3.05. The molecule has 1 aromatic carbocycles. The van der Waals surface area contributed by atoms with E-state index in [1.54, 1.807) is 25.2 Å². The molecule has 1 atom stereocenters. The molecule has 6 heteroatoms. The molecule has 112 valence electrons. The molecule has 0 spiro atoms. The van der Waals surface area contributed by atoms with Gasteiger partial charge in [-0.2, -0.15) is 0 Å². The van der Waals surface area contributed by atoms with Crippen LogP contribution in [0.4, 0.5) is 0 Å². The van der Waals surface area contributed by atoms with Gasteiger partial charge in [-0.1, -0.05) is 13.8 Å². The van der Waals surface area contributed by atoms with E-state index in [2.05, 4.69) is 5.32 Å². The fourth-order valence-electron chi connectivity index (χ4n) is 2.16. The second-order valence-electron chi connectivity index (χ2n) is 5.23. The van der Waals surface area contributed by atoms with Gasteiger partial charge in [0.15, 0.2) is 21.3 Å². The average molecular weight is 299 g/mol. The van der Waals surface area contributed by atoms with E-state index >= 15 is 0 Å². The molecule has 0 aromatic heterocycles. The highest BCUT2D eigenvalue weighted by atomic mass is 32.2. The van der Waals surface area contributed by atoms with E-state index in [4.69, 9.17) is 9.47 Å². The molecule has 0 saturated carbocycles. The Morgan fingerprint density at radius 2 is 1.85 bits per heavy atom. The smallest absolute Gasteiger partial charge is 0.180 e. The quantitative estimate of drug-likeness (QED) is 0.892. The molecule has 2 rings (SSSR count). The average Bonchev–Trinajstić information content (AvgIpc) is 2.44. The molecule has 0 radical (unpaired) electrons. The normalized spacial score (nSPS) is 16.2. The number of nitrogens with one attached hydrogen (secondary N) is 1. The molecule has 0 amide bonds. The topological polar surface area (TPSA) is 64.6 Å². The molecule has 1 aliphatic heterocycles. The van der Waals surface area contributed by atoms with Gasteiger partial charge < -0.3 is 14.8 Å². The Hall–Kier alpha value is -1.27. The number of fused-ring (bicyclic) bond motifs is 1. The fraction of sp³-hybridized carbons (Fsp3) is 0.571. The van der Waals surface area contributed by atoms with Crippen LogP contribution in [0.5, 0.6) is 11.5 Å². The van der Waals surface area contributed by atoms with Gasteiger partial charge in [0, 0.05) is 12.1 Å². The van der Waals surface area contributed by atoms with Crippen molar-refractivity contribution in [2.24, 2.45) is 5.92 Å². The summed E-state index contributed by atoms with van der Waals surface area (Å²) in [6, 6.07) is 4.71. The summed E-state index contributed by atoms with van der Waals surface area (Å²) in [6.07, 6.45) is 0. The largest absolute Gasteiger partial charge is 0.486 e. The number of benzene rings is 1. The molecule has 1 unspecified atom stereocenters. The highest BCUT2D eigenvalue weighted by molar-refractivity contribution is 7.91. The van der Waals surface area contributed by atoms with Crippen molar-refractivity contribution in [1.29, 1.82) is 0 Å². The molecule has 0 fully saturated rings. The summed E-state index contributed by atoms with van der Waals surface area (Å²) in [7, 11) is -1.57. The third kappa shape index (κ3) is 3.24. The number of sulfone groups is 1. The van der Waals surface area contributed by atoms with Gasteiger partial charge in [0.2, 0.25) is 0 Å². The van der Waals surface area contributed by atoms with Crippen LogP contribution >= 0.6 is 0 Å². The standard InChI is InChI=1S/C14H21NO4S/c1-10(2)12(15-3)9-20(16,17)11-4-5-13-14(8-11)19-7-6-18-13/h4-5,8,10,12,15H,6-7,9H2,1-3H3. The van der Waals surface area contributed by atoms with E-state index in [-0.39, 0.29) is 22.6 Å². The highest BCUT2D eigenvalue weighted by Crippen LogP contribution is 2.32. The maximum Gasteiger partial charge on any atom is 0.180 e. The Labute approximate surface area is 120 Å². The van der Waals surface area contributed by atoms with Crippen LogP contribution in [-0.2, 0) is 9.84 Å². The second kappa shape index (κ2) is 6.01. The van der Waals surface area contributed by atoms with E-state index < -0.39 is 9.84 Å². The van der Waals surface area contributed by atoms with Crippen LogP contribution in [0.2, 0.25) is 0 Å². The van der Waals surface area contributed by atoms with Gasteiger partial charge in [-0.15, -0.1) is 0 Å². The number of hydrogen-bond donors (Lipinski definition) is 1. The minimum Gasteiger partial charge on any atom is -0.486 e. The lowest BCUT2D eigenvalue weighted by atomic mass is 10.1. The summed E-state index contributed by atoms with van der Waals surface area (Å²) in [4.78, 5) is 0.280. The molecular formula is C14H21NO4S.